The first-order chi connectivity index (χ1) is 10.2. The lowest BCUT2D eigenvalue weighted by atomic mass is 10.0. The zero-order chi connectivity index (χ0) is 16.5. The highest BCUT2D eigenvalue weighted by atomic mass is 32.2. The summed E-state index contributed by atoms with van der Waals surface area (Å²) in [6.07, 6.45) is 3.08. The van der Waals surface area contributed by atoms with E-state index in [-0.39, 0.29) is 16.6 Å². The van der Waals surface area contributed by atoms with Crippen LogP contribution in [0.4, 0.5) is 11.4 Å². The molecule has 0 amide bonds. The number of hydrogen-bond acceptors (Lipinski definition) is 6. The van der Waals surface area contributed by atoms with Gasteiger partial charge in [0.15, 0.2) is 9.84 Å². The van der Waals surface area contributed by atoms with Gasteiger partial charge >= 0.3 is 0 Å². The summed E-state index contributed by atoms with van der Waals surface area (Å²) in [4.78, 5) is 14.5. The molecule has 1 aliphatic rings. The number of rotatable bonds is 4. The quantitative estimate of drug-likeness (QED) is 0.616. The minimum atomic E-state index is -3.62. The first kappa shape index (κ1) is 16.7. The van der Waals surface area contributed by atoms with Crippen molar-refractivity contribution in [1.82, 2.24) is 4.90 Å². The van der Waals surface area contributed by atoms with Crippen LogP contribution in [-0.4, -0.2) is 57.7 Å². The highest BCUT2D eigenvalue weighted by Gasteiger charge is 2.26. The number of likely N-dealkylation sites (N-methyl/N-ethyl adjacent to an activating group) is 2. The van der Waals surface area contributed by atoms with E-state index in [1.807, 2.05) is 11.9 Å². The Balaban J connectivity index is 2.36. The predicted molar refractivity (Wildman–Crippen MR) is 85.1 cm³/mol. The Hall–Kier alpha value is -1.67. The van der Waals surface area contributed by atoms with Gasteiger partial charge in [0.1, 0.15) is 4.90 Å². The fraction of sp³-hybridized carbons (Fsp3) is 0.571. The van der Waals surface area contributed by atoms with Gasteiger partial charge < -0.3 is 9.80 Å². The molecule has 0 bridgehead atoms. The Morgan fingerprint density at radius 1 is 1.41 bits per heavy atom. The Bertz CT molecular complexity index is 675. The third-order valence-corrected chi connectivity index (χ3v) is 5.24. The molecule has 122 valence electrons. The molecule has 0 radical (unpaired) electrons. The van der Waals surface area contributed by atoms with Crippen LogP contribution in [0.15, 0.2) is 23.1 Å². The molecular formula is C14H21N3O4S. The summed E-state index contributed by atoms with van der Waals surface area (Å²) in [5.41, 5.74) is 0.301. The Morgan fingerprint density at radius 2 is 2.09 bits per heavy atom. The van der Waals surface area contributed by atoms with Gasteiger partial charge in [-0.1, -0.05) is 0 Å². The van der Waals surface area contributed by atoms with Crippen molar-refractivity contribution in [2.45, 2.75) is 23.8 Å². The maximum Gasteiger partial charge on any atom is 0.290 e. The fourth-order valence-electron chi connectivity index (χ4n) is 2.85. The molecule has 22 heavy (non-hydrogen) atoms. The van der Waals surface area contributed by atoms with Gasteiger partial charge in [-0.05, 0) is 38.6 Å². The van der Waals surface area contributed by atoms with E-state index < -0.39 is 14.8 Å². The number of nitrogens with zero attached hydrogens (tertiary/aromatic N) is 3. The Morgan fingerprint density at radius 3 is 2.64 bits per heavy atom. The summed E-state index contributed by atoms with van der Waals surface area (Å²) in [7, 11) is 0.320. The smallest absolute Gasteiger partial charge is 0.290 e. The monoisotopic (exact) mass is 327 g/mol. The lowest BCUT2D eigenvalue weighted by molar-refractivity contribution is -0.387. The van der Waals surface area contributed by atoms with E-state index in [1.165, 1.54) is 12.1 Å². The Kier molecular flexibility index (Phi) is 4.72. The molecule has 1 fully saturated rings. The van der Waals surface area contributed by atoms with Gasteiger partial charge in [0.05, 0.1) is 4.92 Å². The van der Waals surface area contributed by atoms with Gasteiger partial charge in [-0.2, -0.15) is 0 Å². The van der Waals surface area contributed by atoms with E-state index in [0.29, 0.717) is 5.69 Å². The van der Waals surface area contributed by atoms with E-state index in [2.05, 4.69) is 11.9 Å². The average molecular weight is 327 g/mol. The van der Waals surface area contributed by atoms with Crippen LogP contribution in [0.1, 0.15) is 12.8 Å². The number of hydrogen-bond donors (Lipinski definition) is 0. The van der Waals surface area contributed by atoms with E-state index >= 15 is 0 Å². The SMILES string of the molecule is CN1CCC[C@@H](N(C)c2ccc(S(C)(=O)=O)c([N+](=O)[O-])c2)C1. The van der Waals surface area contributed by atoms with Crippen molar-refractivity contribution in [2.75, 3.05) is 38.3 Å². The molecule has 0 N–H and O–H groups in total. The van der Waals surface area contributed by atoms with Gasteiger partial charge in [-0.15, -0.1) is 0 Å². The Labute approximate surface area is 130 Å². The number of benzene rings is 1. The summed E-state index contributed by atoms with van der Waals surface area (Å²) in [6.45, 7) is 1.94. The van der Waals surface area contributed by atoms with Crippen molar-refractivity contribution in [3.05, 3.63) is 28.3 Å². The van der Waals surface area contributed by atoms with Crippen molar-refractivity contribution in [3.63, 3.8) is 0 Å². The van der Waals surface area contributed by atoms with E-state index in [9.17, 15) is 18.5 Å². The third-order valence-electron chi connectivity index (χ3n) is 4.09. The molecule has 0 saturated carbocycles. The lowest BCUT2D eigenvalue weighted by Crippen LogP contribution is -2.45. The molecule has 1 aromatic rings. The first-order valence-corrected chi connectivity index (χ1v) is 8.99. The number of piperidine rings is 1. The minimum absolute atomic E-state index is 0.240. The molecule has 1 saturated heterocycles. The second-order valence-corrected chi connectivity index (χ2v) is 7.83. The predicted octanol–water partition coefficient (Wildman–Crippen LogP) is 1.53. The highest BCUT2D eigenvalue weighted by Crippen LogP contribution is 2.30. The van der Waals surface area contributed by atoms with Crippen LogP contribution >= 0.6 is 0 Å². The van der Waals surface area contributed by atoms with Gasteiger partial charge in [0.2, 0.25) is 0 Å². The number of nitro groups is 1. The molecule has 0 spiro atoms. The van der Waals surface area contributed by atoms with Gasteiger partial charge in [-0.25, -0.2) is 8.42 Å². The van der Waals surface area contributed by atoms with Crippen molar-refractivity contribution in [2.24, 2.45) is 0 Å². The number of nitro benzene ring substituents is 1. The molecular weight excluding hydrogens is 306 g/mol. The maximum absolute atomic E-state index is 11.7. The van der Waals surface area contributed by atoms with Crippen molar-refractivity contribution in [1.29, 1.82) is 0 Å². The molecule has 1 aromatic carbocycles. The summed E-state index contributed by atoms with van der Waals surface area (Å²) in [5, 5.41) is 11.2. The largest absolute Gasteiger partial charge is 0.370 e. The molecule has 1 aliphatic heterocycles. The van der Waals surface area contributed by atoms with Crippen LogP contribution < -0.4 is 4.90 Å². The summed E-state index contributed by atoms with van der Waals surface area (Å²) in [6, 6.07) is 4.58. The van der Waals surface area contributed by atoms with E-state index in [1.54, 1.807) is 6.07 Å². The van der Waals surface area contributed by atoms with E-state index in [4.69, 9.17) is 0 Å². The number of anilines is 1. The minimum Gasteiger partial charge on any atom is -0.370 e. The molecule has 1 heterocycles. The number of likely N-dealkylation sites (tertiary alicyclic amines) is 1. The standard InChI is InChI=1S/C14H21N3O4S/c1-15-8-4-5-12(10-15)16(2)11-6-7-14(22(3,20)21)13(9-11)17(18)19/h6-7,9,12H,4-5,8,10H2,1-3H3/t12-/m1/s1. The van der Waals surface area contributed by atoms with E-state index in [0.717, 1.165) is 32.2 Å². The van der Waals surface area contributed by atoms with Crippen molar-refractivity contribution in [3.8, 4) is 0 Å². The van der Waals surface area contributed by atoms with Gasteiger partial charge in [0, 0.05) is 37.6 Å². The molecule has 0 aromatic heterocycles. The number of sulfone groups is 1. The highest BCUT2D eigenvalue weighted by molar-refractivity contribution is 7.90. The normalized spacial score (nSPS) is 19.9. The molecule has 7 nitrogen and oxygen atoms in total. The summed E-state index contributed by atoms with van der Waals surface area (Å²) >= 11 is 0. The van der Waals surface area contributed by atoms with Crippen LogP contribution in [-0.2, 0) is 9.84 Å². The second kappa shape index (κ2) is 6.21. The van der Waals surface area contributed by atoms with Gasteiger partial charge in [0.25, 0.3) is 5.69 Å². The molecule has 2 rings (SSSR count). The summed E-state index contributed by atoms with van der Waals surface area (Å²) < 4.78 is 23.3. The van der Waals surface area contributed by atoms with Crippen LogP contribution in [0, 0.1) is 10.1 Å². The van der Waals surface area contributed by atoms with Crippen LogP contribution in [0.25, 0.3) is 0 Å². The van der Waals surface area contributed by atoms with Crippen molar-refractivity contribution >= 4 is 21.2 Å². The average Bonchev–Trinajstić information content (AvgIpc) is 2.44. The zero-order valence-corrected chi connectivity index (χ0v) is 13.8. The van der Waals surface area contributed by atoms with Gasteiger partial charge in [-0.3, -0.25) is 10.1 Å². The van der Waals surface area contributed by atoms with Crippen LogP contribution in [0.2, 0.25) is 0 Å². The van der Waals surface area contributed by atoms with Crippen molar-refractivity contribution < 1.29 is 13.3 Å². The maximum atomic E-state index is 11.7. The molecule has 8 heteroatoms. The molecule has 0 unspecified atom stereocenters. The van der Waals surface area contributed by atoms with Crippen LogP contribution in [0.3, 0.4) is 0 Å². The fourth-order valence-corrected chi connectivity index (χ4v) is 3.68. The molecule has 0 aliphatic carbocycles. The lowest BCUT2D eigenvalue weighted by Gasteiger charge is -2.37. The third kappa shape index (κ3) is 3.56. The topological polar surface area (TPSA) is 83.8 Å². The summed E-state index contributed by atoms with van der Waals surface area (Å²) in [5.74, 6) is 0. The van der Waals surface area contributed by atoms with Crippen LogP contribution in [0.5, 0.6) is 0 Å². The molecule has 1 atom stereocenters. The zero-order valence-electron chi connectivity index (χ0n) is 13.0. The second-order valence-electron chi connectivity index (χ2n) is 5.85. The first-order valence-electron chi connectivity index (χ1n) is 7.10.